The highest BCUT2D eigenvalue weighted by molar-refractivity contribution is 6.09. The number of rotatable bonds is 7. The van der Waals surface area contributed by atoms with Gasteiger partial charge < -0.3 is 9.47 Å². The zero-order chi connectivity index (χ0) is 22.0. The quantitative estimate of drug-likeness (QED) is 0.146. The molecule has 4 aromatic carbocycles. The highest BCUT2D eigenvalue weighted by atomic mass is 16.5. The lowest BCUT2D eigenvalue weighted by Crippen LogP contribution is -2.05. The molecule has 0 saturated heterocycles. The molecular weight excluding hydrogens is 398 g/mol. The minimum atomic E-state index is -0.0296. The second kappa shape index (κ2) is 10.5. The number of ketones is 1. The van der Waals surface area contributed by atoms with Crippen LogP contribution in [0.25, 0.3) is 0 Å². The van der Waals surface area contributed by atoms with E-state index < -0.39 is 0 Å². The summed E-state index contributed by atoms with van der Waals surface area (Å²) in [6, 6.07) is 35.1. The van der Waals surface area contributed by atoms with Gasteiger partial charge in [0.1, 0.15) is 11.5 Å². The summed E-state index contributed by atoms with van der Waals surface area (Å²) in [5.41, 5.74) is 1.91. The van der Waals surface area contributed by atoms with Crippen LogP contribution < -0.4 is 9.47 Å². The van der Waals surface area contributed by atoms with Crippen LogP contribution in [0.4, 0.5) is 5.69 Å². The first-order valence-electron chi connectivity index (χ1n) is 10.2. The zero-order valence-electron chi connectivity index (χ0n) is 17.3. The van der Waals surface area contributed by atoms with E-state index in [1.807, 2.05) is 78.9 Å². The van der Waals surface area contributed by atoms with Crippen molar-refractivity contribution in [3.63, 3.8) is 0 Å². The molecule has 0 aliphatic carbocycles. The van der Waals surface area contributed by atoms with Gasteiger partial charge in [0.15, 0.2) is 5.78 Å². The fraction of sp³-hybridized carbons (Fsp3) is 0. The van der Waals surface area contributed by atoms with Crippen LogP contribution in [-0.2, 0) is 0 Å². The van der Waals surface area contributed by atoms with Gasteiger partial charge in [-0.3, -0.25) is 4.79 Å². The predicted molar refractivity (Wildman–Crippen MR) is 127 cm³/mol. The van der Waals surface area contributed by atoms with Crippen LogP contribution in [0.15, 0.2) is 133 Å². The Hall–Kier alpha value is -4.44. The number of benzene rings is 4. The third-order valence-electron chi connectivity index (χ3n) is 4.53. The van der Waals surface area contributed by atoms with E-state index in [2.05, 4.69) is 4.99 Å². The second-order valence-electron chi connectivity index (χ2n) is 6.84. The number of carbonyl (C=O) groups is 1. The van der Waals surface area contributed by atoms with E-state index in [0.717, 1.165) is 0 Å². The molecule has 0 atom stereocenters. The molecule has 4 nitrogen and oxygen atoms in total. The maximum Gasteiger partial charge on any atom is 0.222 e. The normalized spacial score (nSPS) is 11.3. The van der Waals surface area contributed by atoms with Crippen LogP contribution in [0.5, 0.6) is 11.5 Å². The molecule has 0 aliphatic heterocycles. The van der Waals surface area contributed by atoms with Gasteiger partial charge in [-0.15, -0.1) is 0 Å². The van der Waals surface area contributed by atoms with Gasteiger partial charge in [-0.2, -0.15) is 0 Å². The van der Waals surface area contributed by atoms with Gasteiger partial charge in [0, 0.05) is 17.2 Å². The van der Waals surface area contributed by atoms with Crippen LogP contribution >= 0.6 is 0 Å². The Morgan fingerprint density at radius 1 is 0.625 bits per heavy atom. The van der Waals surface area contributed by atoms with Crippen LogP contribution in [0.2, 0.25) is 0 Å². The lowest BCUT2D eigenvalue weighted by Gasteiger charge is -2.06. The molecule has 0 amide bonds. The predicted octanol–water partition coefficient (Wildman–Crippen LogP) is 6.62. The molecule has 0 aliphatic rings. The number of para-hydroxylation sites is 2. The largest absolute Gasteiger partial charge is 0.465 e. The standard InChI is InChI=1S/C28H21NO3/c30-28(22-10-4-1-5-11-22)23-16-18-24(19-17-23)29-27(32-26-14-8-3-9-15-26)20-21-31-25-12-6-2-7-13-25/h1-21H/b21-20+,29-27-. The van der Waals surface area contributed by atoms with Crippen LogP contribution in [0, 0.1) is 0 Å². The topological polar surface area (TPSA) is 47.9 Å². The highest BCUT2D eigenvalue weighted by Gasteiger charge is 2.08. The molecule has 0 spiro atoms. The summed E-state index contributed by atoms with van der Waals surface area (Å²) in [7, 11) is 0. The van der Waals surface area contributed by atoms with Crippen LogP contribution in [0.1, 0.15) is 15.9 Å². The van der Waals surface area contributed by atoms with Crippen LogP contribution in [0.3, 0.4) is 0 Å². The van der Waals surface area contributed by atoms with E-state index in [0.29, 0.717) is 34.2 Å². The summed E-state index contributed by atoms with van der Waals surface area (Å²) in [6.07, 6.45) is 3.19. The van der Waals surface area contributed by atoms with Gasteiger partial charge in [0.05, 0.1) is 11.9 Å². The third kappa shape index (κ3) is 5.80. The molecule has 156 valence electrons. The molecule has 0 aromatic heterocycles. The summed E-state index contributed by atoms with van der Waals surface area (Å²) in [5.74, 6) is 1.70. The van der Waals surface area contributed by atoms with Crippen molar-refractivity contribution >= 4 is 17.4 Å². The fourth-order valence-corrected chi connectivity index (χ4v) is 2.94. The lowest BCUT2D eigenvalue weighted by atomic mass is 10.0. The molecule has 4 rings (SSSR count). The van der Waals surface area contributed by atoms with Crippen molar-refractivity contribution in [3.8, 4) is 11.5 Å². The van der Waals surface area contributed by atoms with Crippen LogP contribution in [-0.4, -0.2) is 11.7 Å². The first kappa shape index (κ1) is 20.8. The maximum absolute atomic E-state index is 12.6. The van der Waals surface area contributed by atoms with Crippen molar-refractivity contribution in [3.05, 3.63) is 139 Å². The average Bonchev–Trinajstić information content (AvgIpc) is 2.86. The molecule has 0 N–H and O–H groups in total. The minimum Gasteiger partial charge on any atom is -0.465 e. The van der Waals surface area contributed by atoms with Crippen molar-refractivity contribution in [1.29, 1.82) is 0 Å². The summed E-state index contributed by atoms with van der Waals surface area (Å²) >= 11 is 0. The lowest BCUT2D eigenvalue weighted by molar-refractivity contribution is 0.103. The van der Waals surface area contributed by atoms with Crippen molar-refractivity contribution in [2.75, 3.05) is 0 Å². The van der Waals surface area contributed by atoms with Crippen molar-refractivity contribution < 1.29 is 14.3 Å². The molecule has 0 saturated carbocycles. The Morgan fingerprint density at radius 2 is 1.16 bits per heavy atom. The first-order valence-corrected chi connectivity index (χ1v) is 10.2. The Kier molecular flexibility index (Phi) is 6.86. The number of ether oxygens (including phenoxy) is 2. The molecule has 0 unspecified atom stereocenters. The fourth-order valence-electron chi connectivity index (χ4n) is 2.94. The van der Waals surface area contributed by atoms with Gasteiger partial charge in [0.25, 0.3) is 0 Å². The smallest absolute Gasteiger partial charge is 0.222 e. The highest BCUT2D eigenvalue weighted by Crippen LogP contribution is 2.18. The summed E-state index contributed by atoms with van der Waals surface area (Å²) in [6.45, 7) is 0. The van der Waals surface area contributed by atoms with Crippen molar-refractivity contribution in [2.45, 2.75) is 0 Å². The monoisotopic (exact) mass is 419 g/mol. The molecule has 0 fully saturated rings. The SMILES string of the molecule is O=C(c1ccccc1)c1ccc(/N=C(/C=C/Oc2ccccc2)Oc2ccccc2)cc1. The van der Waals surface area contributed by atoms with Gasteiger partial charge in [-0.25, -0.2) is 4.99 Å². The van der Waals surface area contributed by atoms with Gasteiger partial charge >= 0.3 is 0 Å². The van der Waals surface area contributed by atoms with Gasteiger partial charge in [0.2, 0.25) is 5.90 Å². The number of hydrogen-bond donors (Lipinski definition) is 0. The Morgan fingerprint density at radius 3 is 1.78 bits per heavy atom. The van der Waals surface area contributed by atoms with E-state index in [1.54, 1.807) is 42.5 Å². The van der Waals surface area contributed by atoms with E-state index in [4.69, 9.17) is 9.47 Å². The Balaban J connectivity index is 1.54. The van der Waals surface area contributed by atoms with Gasteiger partial charge in [-0.05, 0) is 48.5 Å². The maximum atomic E-state index is 12.6. The second-order valence-corrected chi connectivity index (χ2v) is 6.84. The number of aliphatic imine (C=N–C) groups is 1. The summed E-state index contributed by atoms with van der Waals surface area (Å²) in [5, 5.41) is 0. The molecule has 0 bridgehead atoms. The van der Waals surface area contributed by atoms with Crippen molar-refractivity contribution in [2.24, 2.45) is 4.99 Å². The van der Waals surface area contributed by atoms with Crippen molar-refractivity contribution in [1.82, 2.24) is 0 Å². The molecule has 32 heavy (non-hydrogen) atoms. The van der Waals surface area contributed by atoms with E-state index in [9.17, 15) is 4.79 Å². The summed E-state index contributed by atoms with van der Waals surface area (Å²) < 4.78 is 11.5. The Labute approximate surface area is 187 Å². The average molecular weight is 419 g/mol. The number of carbonyl (C=O) groups excluding carboxylic acids is 1. The number of hydrogen-bond acceptors (Lipinski definition) is 4. The molecule has 4 aromatic rings. The first-order chi connectivity index (χ1) is 15.8. The van der Waals surface area contributed by atoms with E-state index in [1.165, 1.54) is 6.26 Å². The Bertz CT molecular complexity index is 1200. The zero-order valence-corrected chi connectivity index (χ0v) is 17.3. The molecule has 0 heterocycles. The van der Waals surface area contributed by atoms with E-state index >= 15 is 0 Å². The summed E-state index contributed by atoms with van der Waals surface area (Å²) in [4.78, 5) is 17.2. The molecule has 0 radical (unpaired) electrons. The van der Waals surface area contributed by atoms with Gasteiger partial charge in [-0.1, -0.05) is 66.7 Å². The molecular formula is C28H21NO3. The third-order valence-corrected chi connectivity index (χ3v) is 4.53. The molecule has 4 heteroatoms. The number of nitrogens with zero attached hydrogens (tertiary/aromatic N) is 1. The van der Waals surface area contributed by atoms with E-state index in [-0.39, 0.29) is 5.78 Å². The minimum absolute atomic E-state index is 0.0296.